The molecule has 5 heteroatoms. The molecule has 1 heterocycles. The first-order valence-electron chi connectivity index (χ1n) is 6.12. The fraction of sp³-hybridized carbons (Fsp3) is 0.429. The van der Waals surface area contributed by atoms with Gasteiger partial charge in [-0.3, -0.25) is 0 Å². The van der Waals surface area contributed by atoms with Gasteiger partial charge < -0.3 is 15.0 Å². The molecule has 1 N–H and O–H groups in total. The van der Waals surface area contributed by atoms with Crippen molar-refractivity contribution in [1.29, 1.82) is 5.26 Å². The zero-order valence-electron chi connectivity index (χ0n) is 11.3. The summed E-state index contributed by atoms with van der Waals surface area (Å²) < 4.78 is 5.31. The summed E-state index contributed by atoms with van der Waals surface area (Å²) in [6, 6.07) is 9.35. The summed E-state index contributed by atoms with van der Waals surface area (Å²) in [5.41, 5.74) is 0.107. The van der Waals surface area contributed by atoms with Crippen LogP contribution >= 0.6 is 0 Å². The molecule has 100 valence electrons. The molecule has 1 aliphatic rings. The lowest BCUT2D eigenvalue weighted by Gasteiger charge is -2.27. The van der Waals surface area contributed by atoms with Crippen molar-refractivity contribution in [3.05, 3.63) is 29.8 Å². The molecule has 1 aromatic rings. The third kappa shape index (κ3) is 2.34. The molecule has 0 aliphatic carbocycles. The Morgan fingerprint density at radius 1 is 1.47 bits per heavy atom. The molecule has 1 aliphatic heterocycles. The van der Waals surface area contributed by atoms with E-state index in [2.05, 4.69) is 11.4 Å². The molecule has 0 spiro atoms. The largest absolute Gasteiger partial charge is 0.496 e. The van der Waals surface area contributed by atoms with E-state index in [0.717, 1.165) is 11.3 Å². The van der Waals surface area contributed by atoms with Gasteiger partial charge in [0.05, 0.1) is 19.2 Å². The van der Waals surface area contributed by atoms with Crippen LogP contribution < -0.4 is 10.1 Å². The van der Waals surface area contributed by atoms with Crippen molar-refractivity contribution in [1.82, 2.24) is 10.2 Å². The SMILES string of the molecule is COc1ccccc1C1CN(C(C)(C)C#N)C(=O)N1. The maximum Gasteiger partial charge on any atom is 0.319 e. The number of methoxy groups -OCH3 is 1. The third-order valence-corrected chi connectivity index (χ3v) is 3.37. The van der Waals surface area contributed by atoms with Gasteiger partial charge in [0.15, 0.2) is 0 Å². The van der Waals surface area contributed by atoms with E-state index in [1.807, 2.05) is 24.3 Å². The summed E-state index contributed by atoms with van der Waals surface area (Å²) in [6.07, 6.45) is 0. The van der Waals surface area contributed by atoms with Crippen LogP contribution in [-0.2, 0) is 0 Å². The topological polar surface area (TPSA) is 65.4 Å². The van der Waals surface area contributed by atoms with Gasteiger partial charge in [0.1, 0.15) is 11.3 Å². The highest BCUT2D eigenvalue weighted by Crippen LogP contribution is 2.31. The fourth-order valence-electron chi connectivity index (χ4n) is 2.21. The van der Waals surface area contributed by atoms with Crippen LogP contribution in [0.25, 0.3) is 0 Å². The predicted octanol–water partition coefficient (Wildman–Crippen LogP) is 2.06. The number of hydrogen-bond acceptors (Lipinski definition) is 3. The number of hydrogen-bond donors (Lipinski definition) is 1. The highest BCUT2D eigenvalue weighted by atomic mass is 16.5. The molecule has 0 aromatic heterocycles. The number of para-hydroxylation sites is 1. The first-order valence-corrected chi connectivity index (χ1v) is 6.12. The molecule has 1 saturated heterocycles. The van der Waals surface area contributed by atoms with Crippen molar-refractivity contribution >= 4 is 6.03 Å². The number of ether oxygens (including phenoxy) is 1. The Morgan fingerprint density at radius 3 is 2.79 bits per heavy atom. The first-order chi connectivity index (χ1) is 8.99. The maximum atomic E-state index is 12.0. The predicted molar refractivity (Wildman–Crippen MR) is 70.7 cm³/mol. The van der Waals surface area contributed by atoms with Crippen molar-refractivity contribution in [2.45, 2.75) is 25.4 Å². The Labute approximate surface area is 112 Å². The van der Waals surface area contributed by atoms with Crippen molar-refractivity contribution in [2.75, 3.05) is 13.7 Å². The average molecular weight is 259 g/mol. The highest BCUT2D eigenvalue weighted by Gasteiger charge is 2.39. The van der Waals surface area contributed by atoms with Crippen LogP contribution in [0.15, 0.2) is 24.3 Å². The lowest BCUT2D eigenvalue weighted by molar-refractivity contribution is 0.186. The zero-order valence-corrected chi connectivity index (χ0v) is 11.3. The summed E-state index contributed by atoms with van der Waals surface area (Å²) in [5, 5.41) is 12.0. The normalized spacial score (nSPS) is 18.9. The Hall–Kier alpha value is -2.22. The van der Waals surface area contributed by atoms with Crippen LogP contribution in [0.5, 0.6) is 5.75 Å². The van der Waals surface area contributed by atoms with E-state index in [1.54, 1.807) is 25.9 Å². The number of amides is 2. The van der Waals surface area contributed by atoms with E-state index in [4.69, 9.17) is 10.00 Å². The second-order valence-electron chi connectivity index (χ2n) is 5.03. The van der Waals surface area contributed by atoms with Gasteiger partial charge in [-0.2, -0.15) is 5.26 Å². The lowest BCUT2D eigenvalue weighted by Crippen LogP contribution is -2.44. The molecule has 1 fully saturated rings. The summed E-state index contributed by atoms with van der Waals surface area (Å²) in [5.74, 6) is 0.740. The minimum atomic E-state index is -0.819. The van der Waals surface area contributed by atoms with Gasteiger partial charge in [-0.15, -0.1) is 0 Å². The van der Waals surface area contributed by atoms with Crippen LogP contribution in [0.1, 0.15) is 25.5 Å². The smallest absolute Gasteiger partial charge is 0.319 e. The van der Waals surface area contributed by atoms with Crippen molar-refractivity contribution < 1.29 is 9.53 Å². The number of benzene rings is 1. The molecule has 5 nitrogen and oxygen atoms in total. The van der Waals surface area contributed by atoms with Gasteiger partial charge >= 0.3 is 6.03 Å². The molecular formula is C14H17N3O2. The number of nitrogens with one attached hydrogen (secondary N) is 1. The van der Waals surface area contributed by atoms with E-state index < -0.39 is 5.54 Å². The monoisotopic (exact) mass is 259 g/mol. The molecule has 1 aromatic carbocycles. The Morgan fingerprint density at radius 2 is 2.16 bits per heavy atom. The van der Waals surface area contributed by atoms with E-state index in [-0.39, 0.29) is 12.1 Å². The van der Waals surface area contributed by atoms with E-state index in [0.29, 0.717) is 6.54 Å². The van der Waals surface area contributed by atoms with Crippen molar-refractivity contribution in [3.63, 3.8) is 0 Å². The quantitative estimate of drug-likeness (QED) is 0.903. The number of urea groups is 1. The summed E-state index contributed by atoms with van der Waals surface area (Å²) >= 11 is 0. The highest BCUT2D eigenvalue weighted by molar-refractivity contribution is 5.78. The summed E-state index contributed by atoms with van der Waals surface area (Å²) in [7, 11) is 1.60. The molecule has 2 amide bonds. The molecule has 19 heavy (non-hydrogen) atoms. The van der Waals surface area contributed by atoms with E-state index >= 15 is 0 Å². The summed E-state index contributed by atoms with van der Waals surface area (Å²) in [4.78, 5) is 13.5. The molecule has 0 saturated carbocycles. The maximum absolute atomic E-state index is 12.0. The number of nitriles is 1. The second kappa shape index (κ2) is 4.81. The van der Waals surface area contributed by atoms with Crippen LogP contribution in [0.2, 0.25) is 0 Å². The Balaban J connectivity index is 2.27. The van der Waals surface area contributed by atoms with E-state index in [1.165, 1.54) is 0 Å². The molecule has 1 unspecified atom stereocenters. The number of rotatable bonds is 3. The number of nitrogens with zero attached hydrogens (tertiary/aromatic N) is 2. The van der Waals surface area contributed by atoms with E-state index in [9.17, 15) is 4.79 Å². The van der Waals surface area contributed by atoms with Gasteiger partial charge in [0.2, 0.25) is 0 Å². The fourth-order valence-corrected chi connectivity index (χ4v) is 2.21. The minimum Gasteiger partial charge on any atom is -0.496 e. The summed E-state index contributed by atoms with van der Waals surface area (Å²) in [6.45, 7) is 3.92. The van der Waals surface area contributed by atoms with Crippen molar-refractivity contribution in [2.24, 2.45) is 0 Å². The van der Waals surface area contributed by atoms with Gasteiger partial charge in [-0.1, -0.05) is 18.2 Å². The van der Waals surface area contributed by atoms with Crippen molar-refractivity contribution in [3.8, 4) is 11.8 Å². The zero-order chi connectivity index (χ0) is 14.0. The molecule has 0 bridgehead atoms. The minimum absolute atomic E-state index is 0.156. The van der Waals surface area contributed by atoms with Gasteiger partial charge in [-0.25, -0.2) is 4.79 Å². The van der Waals surface area contributed by atoms with Crippen LogP contribution in [0.4, 0.5) is 4.79 Å². The third-order valence-electron chi connectivity index (χ3n) is 3.37. The second-order valence-corrected chi connectivity index (χ2v) is 5.03. The molecular weight excluding hydrogens is 242 g/mol. The standard InChI is InChI=1S/C14H17N3O2/c1-14(2,9-15)17-8-11(16-13(17)18)10-6-4-5-7-12(10)19-3/h4-7,11H,8H2,1-3H3,(H,16,18). The molecule has 2 rings (SSSR count). The number of carbonyl (C=O) groups is 1. The number of carbonyl (C=O) groups excluding carboxylic acids is 1. The van der Waals surface area contributed by atoms with Gasteiger partial charge in [-0.05, 0) is 19.9 Å². The Kier molecular flexibility index (Phi) is 3.34. The van der Waals surface area contributed by atoms with Crippen LogP contribution in [-0.4, -0.2) is 30.1 Å². The lowest BCUT2D eigenvalue weighted by atomic mass is 10.0. The molecule has 1 atom stereocenters. The van der Waals surface area contributed by atoms with Gasteiger partial charge in [0, 0.05) is 12.1 Å². The Bertz CT molecular complexity index is 534. The van der Waals surface area contributed by atoms with Crippen LogP contribution in [0.3, 0.4) is 0 Å². The first kappa shape index (κ1) is 13.2. The van der Waals surface area contributed by atoms with Crippen LogP contribution in [0, 0.1) is 11.3 Å². The van der Waals surface area contributed by atoms with Gasteiger partial charge in [0.25, 0.3) is 0 Å². The average Bonchev–Trinajstić information content (AvgIpc) is 2.81. The molecule has 0 radical (unpaired) electrons.